The van der Waals surface area contributed by atoms with Crippen LogP contribution in [0.2, 0.25) is 0 Å². The first-order valence-corrected chi connectivity index (χ1v) is 8.74. The number of nitrogens with one attached hydrogen (secondary N) is 1. The van der Waals surface area contributed by atoms with Gasteiger partial charge in [-0.25, -0.2) is 0 Å². The van der Waals surface area contributed by atoms with Crippen molar-refractivity contribution in [2.24, 2.45) is 5.92 Å². The number of methoxy groups -OCH3 is 1. The SMILES string of the molecule is COc1cccc(C2CCCC(CNCc3ccccc3)C2)c1. The summed E-state index contributed by atoms with van der Waals surface area (Å²) in [5.41, 5.74) is 2.81. The van der Waals surface area contributed by atoms with E-state index in [0.29, 0.717) is 5.92 Å². The molecule has 0 spiro atoms. The predicted octanol–water partition coefficient (Wildman–Crippen LogP) is 4.76. The van der Waals surface area contributed by atoms with Crippen molar-refractivity contribution in [3.8, 4) is 5.75 Å². The molecular formula is C21H27NO. The lowest BCUT2D eigenvalue weighted by molar-refractivity contribution is 0.309. The Balaban J connectivity index is 1.51. The first-order valence-electron chi connectivity index (χ1n) is 8.74. The molecule has 3 rings (SSSR count). The highest BCUT2D eigenvalue weighted by molar-refractivity contribution is 5.31. The molecule has 0 heterocycles. The summed E-state index contributed by atoms with van der Waals surface area (Å²) in [6.07, 6.45) is 5.28. The van der Waals surface area contributed by atoms with Crippen LogP contribution in [-0.4, -0.2) is 13.7 Å². The van der Waals surface area contributed by atoms with Crippen LogP contribution in [0.1, 0.15) is 42.7 Å². The molecule has 2 atom stereocenters. The van der Waals surface area contributed by atoms with E-state index < -0.39 is 0 Å². The molecule has 2 aromatic rings. The van der Waals surface area contributed by atoms with Crippen molar-refractivity contribution in [2.45, 2.75) is 38.1 Å². The Morgan fingerprint density at radius 1 is 1.04 bits per heavy atom. The maximum atomic E-state index is 5.37. The summed E-state index contributed by atoms with van der Waals surface area (Å²) < 4.78 is 5.37. The maximum Gasteiger partial charge on any atom is 0.119 e. The first kappa shape index (κ1) is 16.1. The lowest BCUT2D eigenvalue weighted by Gasteiger charge is -2.30. The van der Waals surface area contributed by atoms with Crippen LogP contribution in [0.4, 0.5) is 0 Å². The monoisotopic (exact) mass is 309 g/mol. The molecule has 2 aromatic carbocycles. The second-order valence-electron chi connectivity index (χ2n) is 6.62. The Bertz CT molecular complexity index is 596. The molecule has 2 heteroatoms. The first-order chi connectivity index (χ1) is 11.3. The molecule has 1 aliphatic rings. The standard InChI is InChI=1S/C21H27NO/c1-23-21-12-6-11-20(14-21)19-10-5-9-18(13-19)16-22-15-17-7-3-2-4-8-17/h2-4,6-8,11-12,14,18-19,22H,5,9-10,13,15-16H2,1H3. The fraction of sp³-hybridized carbons (Fsp3) is 0.429. The number of benzene rings is 2. The fourth-order valence-electron chi connectivity index (χ4n) is 3.69. The average molecular weight is 309 g/mol. The van der Waals surface area contributed by atoms with E-state index >= 15 is 0 Å². The third-order valence-corrected chi connectivity index (χ3v) is 4.95. The highest BCUT2D eigenvalue weighted by Crippen LogP contribution is 2.36. The van der Waals surface area contributed by atoms with Gasteiger partial charge < -0.3 is 10.1 Å². The van der Waals surface area contributed by atoms with Crippen LogP contribution in [0.15, 0.2) is 54.6 Å². The Labute approximate surface area is 139 Å². The van der Waals surface area contributed by atoms with Crippen LogP contribution in [0.5, 0.6) is 5.75 Å². The second kappa shape index (κ2) is 8.16. The van der Waals surface area contributed by atoms with Crippen LogP contribution in [0.3, 0.4) is 0 Å². The van der Waals surface area contributed by atoms with Crippen LogP contribution in [0, 0.1) is 5.92 Å². The van der Waals surface area contributed by atoms with Crippen molar-refractivity contribution in [2.75, 3.05) is 13.7 Å². The molecule has 122 valence electrons. The number of hydrogen-bond acceptors (Lipinski definition) is 2. The smallest absolute Gasteiger partial charge is 0.119 e. The second-order valence-corrected chi connectivity index (χ2v) is 6.62. The zero-order valence-corrected chi connectivity index (χ0v) is 14.0. The summed E-state index contributed by atoms with van der Waals surface area (Å²) >= 11 is 0. The summed E-state index contributed by atoms with van der Waals surface area (Å²) in [6.45, 7) is 2.09. The molecule has 1 fully saturated rings. The van der Waals surface area contributed by atoms with Gasteiger partial charge in [-0.1, -0.05) is 48.9 Å². The van der Waals surface area contributed by atoms with E-state index in [1.807, 2.05) is 6.07 Å². The third kappa shape index (κ3) is 4.59. The van der Waals surface area contributed by atoms with E-state index in [-0.39, 0.29) is 0 Å². The summed E-state index contributed by atoms with van der Waals surface area (Å²) in [6, 6.07) is 19.3. The van der Waals surface area contributed by atoms with E-state index in [2.05, 4.69) is 53.8 Å². The molecule has 23 heavy (non-hydrogen) atoms. The van der Waals surface area contributed by atoms with Crippen LogP contribution >= 0.6 is 0 Å². The minimum atomic E-state index is 0.683. The Morgan fingerprint density at radius 3 is 2.74 bits per heavy atom. The third-order valence-electron chi connectivity index (χ3n) is 4.95. The van der Waals surface area contributed by atoms with E-state index in [0.717, 1.165) is 24.8 Å². The molecule has 0 bridgehead atoms. The summed E-state index contributed by atoms with van der Waals surface area (Å²) in [5, 5.41) is 3.64. The topological polar surface area (TPSA) is 21.3 Å². The lowest BCUT2D eigenvalue weighted by Crippen LogP contribution is -2.26. The van der Waals surface area contributed by atoms with Crippen LogP contribution in [0.25, 0.3) is 0 Å². The van der Waals surface area contributed by atoms with E-state index in [1.54, 1.807) is 7.11 Å². The zero-order chi connectivity index (χ0) is 15.9. The number of hydrogen-bond donors (Lipinski definition) is 1. The molecule has 2 unspecified atom stereocenters. The molecule has 1 N–H and O–H groups in total. The summed E-state index contributed by atoms with van der Waals surface area (Å²) in [7, 11) is 1.75. The van der Waals surface area contributed by atoms with Crippen molar-refractivity contribution in [3.63, 3.8) is 0 Å². The average Bonchev–Trinajstić information content (AvgIpc) is 2.63. The van der Waals surface area contributed by atoms with Crippen molar-refractivity contribution in [3.05, 3.63) is 65.7 Å². The molecular weight excluding hydrogens is 282 g/mol. The van der Waals surface area contributed by atoms with Crippen molar-refractivity contribution in [1.82, 2.24) is 5.32 Å². The molecule has 1 aliphatic carbocycles. The lowest BCUT2D eigenvalue weighted by atomic mass is 9.78. The van der Waals surface area contributed by atoms with Gasteiger partial charge in [0.25, 0.3) is 0 Å². The van der Waals surface area contributed by atoms with Gasteiger partial charge in [0.15, 0.2) is 0 Å². The van der Waals surface area contributed by atoms with Crippen molar-refractivity contribution in [1.29, 1.82) is 0 Å². The van der Waals surface area contributed by atoms with E-state index in [4.69, 9.17) is 4.74 Å². The summed E-state index contributed by atoms with van der Waals surface area (Å²) in [4.78, 5) is 0. The van der Waals surface area contributed by atoms with Gasteiger partial charge in [0.1, 0.15) is 5.75 Å². The Hall–Kier alpha value is -1.80. The van der Waals surface area contributed by atoms with Crippen molar-refractivity contribution < 1.29 is 4.74 Å². The fourth-order valence-corrected chi connectivity index (χ4v) is 3.69. The Kier molecular flexibility index (Phi) is 5.71. The van der Waals surface area contributed by atoms with Gasteiger partial charge in [-0.3, -0.25) is 0 Å². The minimum absolute atomic E-state index is 0.683. The molecule has 2 nitrogen and oxygen atoms in total. The van der Waals surface area contributed by atoms with Gasteiger partial charge in [-0.05, 0) is 60.9 Å². The van der Waals surface area contributed by atoms with Crippen molar-refractivity contribution >= 4 is 0 Å². The van der Waals surface area contributed by atoms with Gasteiger partial charge in [0.2, 0.25) is 0 Å². The van der Waals surface area contributed by atoms with Gasteiger partial charge in [-0.2, -0.15) is 0 Å². The Morgan fingerprint density at radius 2 is 1.91 bits per heavy atom. The van der Waals surface area contributed by atoms with E-state index in [1.165, 1.54) is 36.8 Å². The number of rotatable bonds is 6. The van der Waals surface area contributed by atoms with Gasteiger partial charge in [0.05, 0.1) is 7.11 Å². The minimum Gasteiger partial charge on any atom is -0.497 e. The molecule has 0 saturated heterocycles. The van der Waals surface area contributed by atoms with Crippen LogP contribution < -0.4 is 10.1 Å². The maximum absolute atomic E-state index is 5.37. The normalized spacial score (nSPS) is 21.1. The van der Waals surface area contributed by atoms with Gasteiger partial charge in [-0.15, -0.1) is 0 Å². The predicted molar refractivity (Wildman–Crippen MR) is 95.8 cm³/mol. The highest BCUT2D eigenvalue weighted by atomic mass is 16.5. The molecule has 0 aliphatic heterocycles. The molecule has 0 radical (unpaired) electrons. The van der Waals surface area contributed by atoms with Gasteiger partial charge >= 0.3 is 0 Å². The zero-order valence-electron chi connectivity index (χ0n) is 14.0. The molecule has 0 amide bonds. The molecule has 0 aromatic heterocycles. The molecule has 1 saturated carbocycles. The van der Waals surface area contributed by atoms with Crippen LogP contribution in [-0.2, 0) is 6.54 Å². The highest BCUT2D eigenvalue weighted by Gasteiger charge is 2.23. The quantitative estimate of drug-likeness (QED) is 0.830. The summed E-state index contributed by atoms with van der Waals surface area (Å²) in [5.74, 6) is 2.44. The van der Waals surface area contributed by atoms with Gasteiger partial charge in [0, 0.05) is 6.54 Å². The largest absolute Gasteiger partial charge is 0.497 e. The number of ether oxygens (including phenoxy) is 1. The van der Waals surface area contributed by atoms with E-state index in [9.17, 15) is 0 Å².